The van der Waals surface area contributed by atoms with Gasteiger partial charge in [0.2, 0.25) is 0 Å². The average Bonchev–Trinajstić information content (AvgIpc) is 2.20. The molecule has 0 aliphatic heterocycles. The normalized spacial score (nSPS) is 10.1. The number of benzene rings is 1. The lowest BCUT2D eigenvalue weighted by Gasteiger charge is -2.11. The standard InChI is InChI=1S/C11H13ClO3/c1-8-5-10(12)6-9(7-14)11(8)15-4-2-3-13/h5-7,13H,2-4H2,1H3. The second-order valence-corrected chi connectivity index (χ2v) is 3.62. The summed E-state index contributed by atoms with van der Waals surface area (Å²) in [5, 5.41) is 9.13. The molecule has 0 unspecified atom stereocenters. The topological polar surface area (TPSA) is 46.5 Å². The van der Waals surface area contributed by atoms with E-state index in [0.29, 0.717) is 35.6 Å². The first-order valence-corrected chi connectivity index (χ1v) is 5.06. The van der Waals surface area contributed by atoms with Crippen molar-refractivity contribution in [2.24, 2.45) is 0 Å². The van der Waals surface area contributed by atoms with Gasteiger partial charge in [-0.2, -0.15) is 0 Å². The summed E-state index contributed by atoms with van der Waals surface area (Å²) in [6, 6.07) is 3.30. The number of halogens is 1. The number of aldehydes is 1. The van der Waals surface area contributed by atoms with E-state index < -0.39 is 0 Å². The van der Waals surface area contributed by atoms with Crippen LogP contribution in [-0.2, 0) is 0 Å². The van der Waals surface area contributed by atoms with Crippen LogP contribution in [-0.4, -0.2) is 24.6 Å². The zero-order valence-electron chi connectivity index (χ0n) is 8.50. The van der Waals surface area contributed by atoms with Gasteiger partial charge in [0.1, 0.15) is 5.75 Å². The summed E-state index contributed by atoms with van der Waals surface area (Å²) in [7, 11) is 0. The van der Waals surface area contributed by atoms with E-state index in [1.54, 1.807) is 12.1 Å². The Balaban J connectivity index is 2.89. The summed E-state index contributed by atoms with van der Waals surface area (Å²) in [6.45, 7) is 2.29. The Bertz CT molecular complexity index is 350. The van der Waals surface area contributed by atoms with Gasteiger partial charge in [-0.1, -0.05) is 11.6 Å². The monoisotopic (exact) mass is 228 g/mol. The summed E-state index contributed by atoms with van der Waals surface area (Å²) >= 11 is 5.81. The first-order valence-electron chi connectivity index (χ1n) is 4.68. The van der Waals surface area contributed by atoms with Crippen LogP contribution in [0.4, 0.5) is 0 Å². The van der Waals surface area contributed by atoms with E-state index in [-0.39, 0.29) is 6.61 Å². The van der Waals surface area contributed by atoms with Gasteiger partial charge in [-0.3, -0.25) is 4.79 Å². The molecule has 0 fully saturated rings. The zero-order chi connectivity index (χ0) is 11.3. The van der Waals surface area contributed by atoms with E-state index in [9.17, 15) is 4.79 Å². The van der Waals surface area contributed by atoms with Crippen molar-refractivity contribution in [2.75, 3.05) is 13.2 Å². The molecule has 3 nitrogen and oxygen atoms in total. The molecule has 0 saturated carbocycles. The fourth-order valence-corrected chi connectivity index (χ4v) is 1.56. The smallest absolute Gasteiger partial charge is 0.153 e. The van der Waals surface area contributed by atoms with Crippen molar-refractivity contribution in [3.05, 3.63) is 28.3 Å². The molecule has 0 bridgehead atoms. The Morgan fingerprint density at radius 2 is 2.27 bits per heavy atom. The van der Waals surface area contributed by atoms with Gasteiger partial charge in [-0.25, -0.2) is 0 Å². The SMILES string of the molecule is Cc1cc(Cl)cc(C=O)c1OCCCO. The second-order valence-electron chi connectivity index (χ2n) is 3.18. The first-order chi connectivity index (χ1) is 7.19. The summed E-state index contributed by atoms with van der Waals surface area (Å²) in [5.41, 5.74) is 1.26. The molecular formula is C11H13ClO3. The van der Waals surface area contributed by atoms with Gasteiger partial charge in [0, 0.05) is 18.1 Å². The highest BCUT2D eigenvalue weighted by Gasteiger charge is 2.08. The van der Waals surface area contributed by atoms with Crippen molar-refractivity contribution < 1.29 is 14.6 Å². The molecule has 0 heterocycles. The van der Waals surface area contributed by atoms with E-state index in [1.165, 1.54) is 0 Å². The van der Waals surface area contributed by atoms with E-state index >= 15 is 0 Å². The molecule has 1 N–H and O–H groups in total. The quantitative estimate of drug-likeness (QED) is 0.621. The van der Waals surface area contributed by atoms with Gasteiger partial charge in [0.05, 0.1) is 12.2 Å². The van der Waals surface area contributed by atoms with Gasteiger partial charge in [-0.05, 0) is 24.6 Å². The fraction of sp³-hybridized carbons (Fsp3) is 0.364. The van der Waals surface area contributed by atoms with Gasteiger partial charge in [0.15, 0.2) is 6.29 Å². The van der Waals surface area contributed by atoms with Crippen LogP contribution in [0, 0.1) is 6.92 Å². The number of rotatable bonds is 5. The Kier molecular flexibility index (Phi) is 4.59. The zero-order valence-corrected chi connectivity index (χ0v) is 9.25. The molecule has 0 aromatic heterocycles. The van der Waals surface area contributed by atoms with Gasteiger partial charge in [0.25, 0.3) is 0 Å². The number of hydrogen-bond acceptors (Lipinski definition) is 3. The Morgan fingerprint density at radius 1 is 1.53 bits per heavy atom. The van der Waals surface area contributed by atoms with Crippen LogP contribution in [0.3, 0.4) is 0 Å². The highest BCUT2D eigenvalue weighted by Crippen LogP contribution is 2.26. The summed E-state index contributed by atoms with van der Waals surface area (Å²) in [4.78, 5) is 10.8. The van der Waals surface area contributed by atoms with Crippen LogP contribution in [0.1, 0.15) is 22.3 Å². The molecule has 0 amide bonds. The van der Waals surface area contributed by atoms with Crippen LogP contribution in [0.5, 0.6) is 5.75 Å². The van der Waals surface area contributed by atoms with Crippen LogP contribution >= 0.6 is 11.6 Å². The molecule has 0 aliphatic rings. The minimum absolute atomic E-state index is 0.0725. The summed E-state index contributed by atoms with van der Waals surface area (Å²) in [5.74, 6) is 0.544. The van der Waals surface area contributed by atoms with Crippen molar-refractivity contribution in [1.82, 2.24) is 0 Å². The van der Waals surface area contributed by atoms with Crippen molar-refractivity contribution >= 4 is 17.9 Å². The molecule has 1 aromatic carbocycles. The van der Waals surface area contributed by atoms with Gasteiger partial charge in [-0.15, -0.1) is 0 Å². The minimum atomic E-state index is 0.0725. The fourth-order valence-electron chi connectivity index (χ4n) is 1.28. The molecule has 1 aromatic rings. The average molecular weight is 229 g/mol. The van der Waals surface area contributed by atoms with E-state index in [0.717, 1.165) is 5.56 Å². The van der Waals surface area contributed by atoms with E-state index in [1.807, 2.05) is 6.92 Å². The molecule has 82 valence electrons. The molecule has 0 aliphatic carbocycles. The lowest BCUT2D eigenvalue weighted by molar-refractivity contribution is 0.111. The molecule has 0 atom stereocenters. The maximum absolute atomic E-state index is 10.8. The lowest BCUT2D eigenvalue weighted by Crippen LogP contribution is -2.03. The van der Waals surface area contributed by atoms with Crippen molar-refractivity contribution in [3.63, 3.8) is 0 Å². The van der Waals surface area contributed by atoms with Gasteiger partial charge < -0.3 is 9.84 Å². The number of carbonyl (C=O) groups excluding carboxylic acids is 1. The first kappa shape index (κ1) is 12.0. The molecule has 15 heavy (non-hydrogen) atoms. The molecule has 0 saturated heterocycles. The highest BCUT2D eigenvalue weighted by atomic mass is 35.5. The predicted molar refractivity (Wildman–Crippen MR) is 58.8 cm³/mol. The van der Waals surface area contributed by atoms with Gasteiger partial charge >= 0.3 is 0 Å². The Morgan fingerprint density at radius 3 is 2.87 bits per heavy atom. The highest BCUT2D eigenvalue weighted by molar-refractivity contribution is 6.31. The maximum Gasteiger partial charge on any atom is 0.153 e. The Labute approximate surface area is 93.6 Å². The van der Waals surface area contributed by atoms with Crippen molar-refractivity contribution in [1.29, 1.82) is 0 Å². The minimum Gasteiger partial charge on any atom is -0.492 e. The number of aliphatic hydroxyl groups excluding tert-OH is 1. The molecule has 4 heteroatoms. The third kappa shape index (κ3) is 3.22. The molecule has 1 rings (SSSR count). The van der Waals surface area contributed by atoms with Crippen molar-refractivity contribution in [2.45, 2.75) is 13.3 Å². The number of carbonyl (C=O) groups is 1. The summed E-state index contributed by atoms with van der Waals surface area (Å²) in [6.07, 6.45) is 1.26. The predicted octanol–water partition coefficient (Wildman–Crippen LogP) is 2.22. The Hall–Kier alpha value is -1.06. The summed E-state index contributed by atoms with van der Waals surface area (Å²) < 4.78 is 5.40. The second kappa shape index (κ2) is 5.73. The van der Waals surface area contributed by atoms with E-state index in [2.05, 4.69) is 0 Å². The molecular weight excluding hydrogens is 216 g/mol. The van der Waals surface area contributed by atoms with Crippen LogP contribution in [0.25, 0.3) is 0 Å². The third-order valence-electron chi connectivity index (χ3n) is 1.94. The van der Waals surface area contributed by atoms with Crippen LogP contribution in [0.15, 0.2) is 12.1 Å². The number of aliphatic hydroxyl groups is 1. The number of aryl methyl sites for hydroxylation is 1. The number of ether oxygens (including phenoxy) is 1. The maximum atomic E-state index is 10.8. The van der Waals surface area contributed by atoms with Crippen LogP contribution in [0.2, 0.25) is 5.02 Å². The van der Waals surface area contributed by atoms with Crippen LogP contribution < -0.4 is 4.74 Å². The number of hydrogen-bond donors (Lipinski definition) is 1. The molecule has 0 spiro atoms. The lowest BCUT2D eigenvalue weighted by atomic mass is 10.1. The molecule has 0 radical (unpaired) electrons. The van der Waals surface area contributed by atoms with E-state index in [4.69, 9.17) is 21.4 Å². The largest absolute Gasteiger partial charge is 0.492 e. The van der Waals surface area contributed by atoms with Crippen molar-refractivity contribution in [3.8, 4) is 5.75 Å². The third-order valence-corrected chi connectivity index (χ3v) is 2.16.